The van der Waals surface area contributed by atoms with Crippen LogP contribution in [0.25, 0.3) is 10.6 Å². The number of benzene rings is 1. The molecule has 0 unspecified atom stereocenters. The smallest absolute Gasteiger partial charge is 0.0976 e. The first-order valence-electron chi connectivity index (χ1n) is 5.49. The van der Waals surface area contributed by atoms with Crippen LogP contribution in [0.2, 0.25) is 0 Å². The monoisotopic (exact) mass is 273 g/mol. The molecule has 90 valence electrons. The molecule has 0 saturated carbocycles. The van der Waals surface area contributed by atoms with Crippen molar-refractivity contribution >= 4 is 28.4 Å². The molecule has 0 spiro atoms. The van der Waals surface area contributed by atoms with Gasteiger partial charge in [0, 0.05) is 23.7 Å². The standard InChI is InChI=1S/C13H11N3S2/c14-10-3-1-9(2-4-10)5-13-16-11(7-17-13)12-6-15-8-18-12/h1-4,6-8H,5,14H2. The van der Waals surface area contributed by atoms with Crippen LogP contribution in [-0.4, -0.2) is 9.97 Å². The summed E-state index contributed by atoms with van der Waals surface area (Å²) in [5, 5.41) is 3.20. The molecule has 1 aromatic carbocycles. The Morgan fingerprint density at radius 1 is 1.11 bits per heavy atom. The van der Waals surface area contributed by atoms with E-state index in [1.807, 2.05) is 36.0 Å². The number of anilines is 1. The van der Waals surface area contributed by atoms with Crippen molar-refractivity contribution in [3.63, 3.8) is 0 Å². The molecule has 18 heavy (non-hydrogen) atoms. The summed E-state index contributed by atoms with van der Waals surface area (Å²) in [6.45, 7) is 0. The molecule has 3 rings (SSSR count). The fraction of sp³-hybridized carbons (Fsp3) is 0.0769. The average Bonchev–Trinajstić information content (AvgIpc) is 3.02. The van der Waals surface area contributed by atoms with Gasteiger partial charge >= 0.3 is 0 Å². The van der Waals surface area contributed by atoms with Gasteiger partial charge in [-0.3, -0.25) is 4.98 Å². The van der Waals surface area contributed by atoms with Gasteiger partial charge in [0.25, 0.3) is 0 Å². The van der Waals surface area contributed by atoms with Crippen LogP contribution in [0.4, 0.5) is 5.69 Å². The van der Waals surface area contributed by atoms with E-state index in [-0.39, 0.29) is 0 Å². The van der Waals surface area contributed by atoms with Gasteiger partial charge in [-0.2, -0.15) is 0 Å². The second kappa shape index (κ2) is 4.88. The minimum Gasteiger partial charge on any atom is -0.399 e. The number of thiazole rings is 2. The third-order valence-electron chi connectivity index (χ3n) is 2.57. The molecule has 0 amide bonds. The third-order valence-corrected chi connectivity index (χ3v) is 4.22. The zero-order valence-corrected chi connectivity index (χ0v) is 11.2. The fourth-order valence-electron chi connectivity index (χ4n) is 1.66. The summed E-state index contributed by atoms with van der Waals surface area (Å²) in [6.07, 6.45) is 2.70. The van der Waals surface area contributed by atoms with Crippen molar-refractivity contribution in [1.29, 1.82) is 0 Å². The van der Waals surface area contributed by atoms with Gasteiger partial charge in [0.1, 0.15) is 0 Å². The third kappa shape index (κ3) is 2.42. The van der Waals surface area contributed by atoms with E-state index in [1.54, 1.807) is 22.7 Å². The molecule has 0 radical (unpaired) electrons. The predicted octanol–water partition coefficient (Wildman–Crippen LogP) is 3.44. The minimum atomic E-state index is 0.795. The zero-order valence-electron chi connectivity index (χ0n) is 9.54. The van der Waals surface area contributed by atoms with Crippen molar-refractivity contribution in [3.8, 4) is 10.6 Å². The number of nitrogen functional groups attached to an aromatic ring is 1. The highest BCUT2D eigenvalue weighted by atomic mass is 32.1. The lowest BCUT2D eigenvalue weighted by Gasteiger charge is -1.98. The quantitative estimate of drug-likeness (QED) is 0.744. The maximum atomic E-state index is 5.67. The molecule has 0 aliphatic rings. The van der Waals surface area contributed by atoms with Crippen molar-refractivity contribution in [2.75, 3.05) is 5.73 Å². The molecule has 5 heteroatoms. The van der Waals surface area contributed by atoms with Crippen LogP contribution >= 0.6 is 22.7 Å². The van der Waals surface area contributed by atoms with Gasteiger partial charge in [-0.25, -0.2) is 4.98 Å². The first-order chi connectivity index (χ1) is 8.81. The lowest BCUT2D eigenvalue weighted by Crippen LogP contribution is -1.89. The number of nitrogens with zero attached hydrogens (tertiary/aromatic N) is 2. The maximum absolute atomic E-state index is 5.67. The Labute approximate surface area is 113 Å². The summed E-state index contributed by atoms with van der Waals surface area (Å²) in [5.74, 6) is 0. The van der Waals surface area contributed by atoms with Crippen LogP contribution in [0.1, 0.15) is 10.6 Å². The van der Waals surface area contributed by atoms with E-state index in [2.05, 4.69) is 15.3 Å². The van der Waals surface area contributed by atoms with Gasteiger partial charge in [0.15, 0.2) is 0 Å². The molecular formula is C13H11N3S2. The Kier molecular flexibility index (Phi) is 3.08. The Hall–Kier alpha value is -1.72. The number of nitrogens with two attached hydrogens (primary N) is 1. The molecule has 0 saturated heterocycles. The second-order valence-electron chi connectivity index (χ2n) is 3.91. The van der Waals surface area contributed by atoms with E-state index in [9.17, 15) is 0 Å². The molecular weight excluding hydrogens is 262 g/mol. The van der Waals surface area contributed by atoms with Crippen LogP contribution in [0.3, 0.4) is 0 Å². The van der Waals surface area contributed by atoms with E-state index >= 15 is 0 Å². The van der Waals surface area contributed by atoms with Crippen molar-refractivity contribution < 1.29 is 0 Å². The normalized spacial score (nSPS) is 10.7. The molecule has 0 aliphatic carbocycles. The molecule has 2 aromatic heterocycles. The van der Waals surface area contributed by atoms with Crippen molar-refractivity contribution in [2.45, 2.75) is 6.42 Å². The maximum Gasteiger partial charge on any atom is 0.0976 e. The highest BCUT2D eigenvalue weighted by Crippen LogP contribution is 2.26. The predicted molar refractivity (Wildman–Crippen MR) is 76.9 cm³/mol. The molecule has 0 aliphatic heterocycles. The van der Waals surface area contributed by atoms with E-state index in [0.29, 0.717) is 0 Å². The van der Waals surface area contributed by atoms with Gasteiger partial charge in [0.05, 0.1) is 21.1 Å². The van der Waals surface area contributed by atoms with Crippen LogP contribution in [0.15, 0.2) is 41.4 Å². The second-order valence-corrected chi connectivity index (χ2v) is 5.74. The summed E-state index contributed by atoms with van der Waals surface area (Å²) in [7, 11) is 0. The van der Waals surface area contributed by atoms with E-state index < -0.39 is 0 Å². The molecule has 3 nitrogen and oxygen atoms in total. The first kappa shape index (κ1) is 11.4. The lowest BCUT2D eigenvalue weighted by atomic mass is 10.1. The zero-order chi connectivity index (χ0) is 12.4. The van der Waals surface area contributed by atoms with Crippen LogP contribution in [-0.2, 0) is 6.42 Å². The number of aromatic nitrogens is 2. The average molecular weight is 273 g/mol. The summed E-state index contributed by atoms with van der Waals surface area (Å²) in [6, 6.07) is 7.94. The summed E-state index contributed by atoms with van der Waals surface area (Å²) in [5.41, 5.74) is 10.5. The van der Waals surface area contributed by atoms with E-state index in [4.69, 9.17) is 5.73 Å². The molecule has 0 fully saturated rings. The summed E-state index contributed by atoms with van der Waals surface area (Å²) < 4.78 is 0. The van der Waals surface area contributed by atoms with Gasteiger partial charge in [-0.05, 0) is 17.7 Å². The molecule has 0 bridgehead atoms. The van der Waals surface area contributed by atoms with Gasteiger partial charge in [0.2, 0.25) is 0 Å². The largest absolute Gasteiger partial charge is 0.399 e. The summed E-state index contributed by atoms with van der Waals surface area (Å²) in [4.78, 5) is 9.82. The van der Waals surface area contributed by atoms with Crippen LogP contribution in [0, 0.1) is 0 Å². The Bertz CT molecular complexity index is 627. The topological polar surface area (TPSA) is 51.8 Å². The van der Waals surface area contributed by atoms with Crippen LogP contribution < -0.4 is 5.73 Å². The molecule has 2 heterocycles. The Morgan fingerprint density at radius 3 is 2.67 bits per heavy atom. The lowest BCUT2D eigenvalue weighted by molar-refractivity contribution is 1.14. The SMILES string of the molecule is Nc1ccc(Cc2nc(-c3cncs3)cs2)cc1. The number of rotatable bonds is 3. The van der Waals surface area contributed by atoms with E-state index in [0.717, 1.165) is 27.7 Å². The minimum absolute atomic E-state index is 0.795. The van der Waals surface area contributed by atoms with E-state index in [1.165, 1.54) is 5.56 Å². The van der Waals surface area contributed by atoms with Crippen molar-refractivity contribution in [2.24, 2.45) is 0 Å². The summed E-state index contributed by atoms with van der Waals surface area (Å²) >= 11 is 3.30. The van der Waals surface area contributed by atoms with Gasteiger partial charge in [-0.1, -0.05) is 12.1 Å². The molecule has 2 N–H and O–H groups in total. The van der Waals surface area contributed by atoms with Crippen molar-refractivity contribution in [1.82, 2.24) is 9.97 Å². The molecule has 3 aromatic rings. The fourth-order valence-corrected chi connectivity index (χ4v) is 3.14. The first-order valence-corrected chi connectivity index (χ1v) is 7.25. The number of hydrogen-bond donors (Lipinski definition) is 1. The molecule has 0 atom stereocenters. The Balaban J connectivity index is 1.80. The number of hydrogen-bond acceptors (Lipinski definition) is 5. The highest BCUT2D eigenvalue weighted by Gasteiger charge is 2.06. The van der Waals surface area contributed by atoms with Gasteiger partial charge < -0.3 is 5.73 Å². The Morgan fingerprint density at radius 2 is 1.94 bits per heavy atom. The van der Waals surface area contributed by atoms with Crippen LogP contribution in [0.5, 0.6) is 0 Å². The highest BCUT2D eigenvalue weighted by molar-refractivity contribution is 7.14. The van der Waals surface area contributed by atoms with Crippen molar-refractivity contribution in [3.05, 3.63) is 51.9 Å². The van der Waals surface area contributed by atoms with Gasteiger partial charge in [-0.15, -0.1) is 22.7 Å².